The molecule has 0 fully saturated rings. The van der Waals surface area contributed by atoms with E-state index in [4.69, 9.17) is 4.74 Å². The number of hydrogen-bond acceptors (Lipinski definition) is 2. The SMILES string of the molecule is O=CNc1cccc(F)c1Oc1c(F)cc(C(F)(F)F)cc1F. The molecule has 0 saturated carbocycles. The first-order valence-electron chi connectivity index (χ1n) is 5.97. The molecule has 0 heterocycles. The van der Waals surface area contributed by atoms with Crippen LogP contribution in [0.5, 0.6) is 11.5 Å². The number of hydrogen-bond donors (Lipinski definition) is 1. The highest BCUT2D eigenvalue weighted by Crippen LogP contribution is 2.38. The van der Waals surface area contributed by atoms with Gasteiger partial charge < -0.3 is 10.1 Å². The number of nitrogens with one attached hydrogen (secondary N) is 1. The fourth-order valence-corrected chi connectivity index (χ4v) is 1.71. The summed E-state index contributed by atoms with van der Waals surface area (Å²) in [5, 5.41) is 2.04. The third-order valence-electron chi connectivity index (χ3n) is 2.71. The molecule has 0 aliphatic heterocycles. The van der Waals surface area contributed by atoms with Crippen LogP contribution in [0.4, 0.5) is 32.0 Å². The molecule has 122 valence electrons. The van der Waals surface area contributed by atoms with Crippen LogP contribution >= 0.6 is 0 Å². The van der Waals surface area contributed by atoms with Gasteiger partial charge in [-0.2, -0.15) is 13.2 Å². The van der Waals surface area contributed by atoms with Gasteiger partial charge in [-0.25, -0.2) is 13.2 Å². The van der Waals surface area contributed by atoms with Crippen molar-refractivity contribution in [3.8, 4) is 11.5 Å². The summed E-state index contributed by atoms with van der Waals surface area (Å²) in [7, 11) is 0. The van der Waals surface area contributed by atoms with E-state index < -0.39 is 40.7 Å². The minimum absolute atomic E-state index is 0.0199. The Balaban J connectivity index is 2.48. The maximum absolute atomic E-state index is 13.7. The van der Waals surface area contributed by atoms with Gasteiger partial charge >= 0.3 is 6.18 Å². The number of carbonyl (C=O) groups is 1. The fourth-order valence-electron chi connectivity index (χ4n) is 1.71. The number of amides is 1. The lowest BCUT2D eigenvalue weighted by Crippen LogP contribution is -2.08. The van der Waals surface area contributed by atoms with E-state index in [0.29, 0.717) is 0 Å². The molecule has 0 aliphatic rings. The number of anilines is 1. The molecule has 0 bridgehead atoms. The number of benzene rings is 2. The summed E-state index contributed by atoms with van der Waals surface area (Å²) < 4.78 is 83.1. The normalized spacial score (nSPS) is 11.2. The zero-order valence-electron chi connectivity index (χ0n) is 11.0. The first-order valence-corrected chi connectivity index (χ1v) is 5.97. The van der Waals surface area contributed by atoms with Crippen molar-refractivity contribution in [2.75, 3.05) is 5.32 Å². The van der Waals surface area contributed by atoms with Crippen molar-refractivity contribution in [2.24, 2.45) is 0 Å². The van der Waals surface area contributed by atoms with Crippen LogP contribution in [0.1, 0.15) is 5.56 Å². The highest BCUT2D eigenvalue weighted by molar-refractivity contribution is 5.75. The minimum atomic E-state index is -4.96. The Morgan fingerprint density at radius 1 is 0.957 bits per heavy atom. The summed E-state index contributed by atoms with van der Waals surface area (Å²) in [6.45, 7) is 0. The highest BCUT2D eigenvalue weighted by Gasteiger charge is 2.33. The van der Waals surface area contributed by atoms with Crippen molar-refractivity contribution in [2.45, 2.75) is 6.18 Å². The molecule has 9 heteroatoms. The summed E-state index contributed by atoms with van der Waals surface area (Å²) in [6, 6.07) is 3.28. The van der Waals surface area contributed by atoms with E-state index in [1.54, 1.807) is 0 Å². The number of ether oxygens (including phenoxy) is 1. The van der Waals surface area contributed by atoms with Crippen LogP contribution in [0.3, 0.4) is 0 Å². The molecule has 2 aromatic rings. The molecule has 0 aliphatic carbocycles. The summed E-state index contributed by atoms with van der Waals surface area (Å²) in [5.74, 6) is -6.37. The molecule has 3 nitrogen and oxygen atoms in total. The number of carbonyl (C=O) groups excluding carboxylic acids is 1. The van der Waals surface area contributed by atoms with Gasteiger partial charge in [-0.05, 0) is 24.3 Å². The predicted molar refractivity (Wildman–Crippen MR) is 67.5 cm³/mol. The lowest BCUT2D eigenvalue weighted by atomic mass is 10.2. The van der Waals surface area contributed by atoms with Gasteiger partial charge in [0.25, 0.3) is 0 Å². The number of alkyl halides is 3. The van der Waals surface area contributed by atoms with Gasteiger partial charge in [-0.3, -0.25) is 4.79 Å². The molecule has 23 heavy (non-hydrogen) atoms. The lowest BCUT2D eigenvalue weighted by Gasteiger charge is -2.14. The molecule has 0 unspecified atom stereocenters. The van der Waals surface area contributed by atoms with E-state index in [1.165, 1.54) is 12.1 Å². The number of halogens is 6. The van der Waals surface area contributed by atoms with Crippen LogP contribution in [0.2, 0.25) is 0 Å². The van der Waals surface area contributed by atoms with Gasteiger partial charge in [-0.15, -0.1) is 0 Å². The van der Waals surface area contributed by atoms with E-state index in [1.807, 2.05) is 5.32 Å². The van der Waals surface area contributed by atoms with E-state index in [9.17, 15) is 31.1 Å². The summed E-state index contributed by atoms with van der Waals surface area (Å²) in [6.07, 6.45) is -4.79. The minimum Gasteiger partial charge on any atom is -0.446 e. The highest BCUT2D eigenvalue weighted by atomic mass is 19.4. The molecule has 1 N–H and O–H groups in total. The van der Waals surface area contributed by atoms with Crippen molar-refractivity contribution in [1.29, 1.82) is 0 Å². The molecular weight excluding hydrogens is 328 g/mol. The van der Waals surface area contributed by atoms with Crippen LogP contribution < -0.4 is 10.1 Å². The topological polar surface area (TPSA) is 38.3 Å². The third-order valence-corrected chi connectivity index (χ3v) is 2.71. The maximum Gasteiger partial charge on any atom is 0.416 e. The standard InChI is InChI=1S/C14H7F6NO2/c15-8-2-1-3-11(21-6-22)13(8)23-12-9(16)4-7(5-10(12)17)14(18,19)20/h1-6H,(H,21,22). The van der Waals surface area contributed by atoms with Crippen molar-refractivity contribution in [3.63, 3.8) is 0 Å². The van der Waals surface area contributed by atoms with Crippen molar-refractivity contribution in [3.05, 3.63) is 53.3 Å². The van der Waals surface area contributed by atoms with Crippen LogP contribution in [0.25, 0.3) is 0 Å². The largest absolute Gasteiger partial charge is 0.446 e. The third kappa shape index (κ3) is 3.55. The van der Waals surface area contributed by atoms with Crippen molar-refractivity contribution < 1.29 is 35.9 Å². The molecule has 2 rings (SSSR count). The summed E-state index contributed by atoms with van der Waals surface area (Å²) >= 11 is 0. The maximum atomic E-state index is 13.7. The van der Waals surface area contributed by atoms with E-state index in [2.05, 4.69) is 0 Å². The van der Waals surface area contributed by atoms with Crippen LogP contribution in [-0.2, 0) is 11.0 Å². The second-order valence-electron chi connectivity index (χ2n) is 4.25. The number of para-hydroxylation sites is 1. The Hall–Kier alpha value is -2.71. The van der Waals surface area contributed by atoms with E-state index in [0.717, 1.165) is 6.07 Å². The lowest BCUT2D eigenvalue weighted by molar-refractivity contribution is -0.138. The Kier molecular flexibility index (Phi) is 4.48. The van der Waals surface area contributed by atoms with Gasteiger partial charge in [0.05, 0.1) is 11.3 Å². The van der Waals surface area contributed by atoms with Gasteiger partial charge in [0.2, 0.25) is 6.41 Å². The first kappa shape index (κ1) is 16.7. The first-order chi connectivity index (χ1) is 10.7. The van der Waals surface area contributed by atoms with Crippen LogP contribution in [0, 0.1) is 17.5 Å². The Morgan fingerprint density at radius 3 is 2.09 bits per heavy atom. The average Bonchev–Trinajstić information content (AvgIpc) is 2.44. The molecule has 0 radical (unpaired) electrons. The Bertz CT molecular complexity index is 722. The van der Waals surface area contributed by atoms with Crippen molar-refractivity contribution >= 4 is 12.1 Å². The smallest absolute Gasteiger partial charge is 0.416 e. The quantitative estimate of drug-likeness (QED) is 0.661. The second-order valence-corrected chi connectivity index (χ2v) is 4.25. The molecule has 0 saturated heterocycles. The second kappa shape index (κ2) is 6.19. The Labute approximate surface area is 125 Å². The van der Waals surface area contributed by atoms with Gasteiger partial charge in [0, 0.05) is 0 Å². The Morgan fingerprint density at radius 2 is 1.57 bits per heavy atom. The van der Waals surface area contributed by atoms with E-state index in [-0.39, 0.29) is 24.2 Å². The van der Waals surface area contributed by atoms with E-state index >= 15 is 0 Å². The average molecular weight is 335 g/mol. The van der Waals surface area contributed by atoms with Crippen LogP contribution in [-0.4, -0.2) is 6.41 Å². The molecular formula is C14H7F6NO2. The van der Waals surface area contributed by atoms with Gasteiger partial charge in [-0.1, -0.05) is 6.07 Å². The van der Waals surface area contributed by atoms with Crippen molar-refractivity contribution in [1.82, 2.24) is 0 Å². The molecule has 2 aromatic carbocycles. The monoisotopic (exact) mass is 335 g/mol. The van der Waals surface area contributed by atoms with Gasteiger partial charge in [0.1, 0.15) is 0 Å². The predicted octanol–water partition coefficient (Wildman–Crippen LogP) is 4.48. The fraction of sp³-hybridized carbons (Fsp3) is 0.0714. The van der Waals surface area contributed by atoms with Gasteiger partial charge in [0.15, 0.2) is 29.0 Å². The zero-order chi connectivity index (χ0) is 17.2. The zero-order valence-corrected chi connectivity index (χ0v) is 11.0. The summed E-state index contributed by atoms with van der Waals surface area (Å²) in [4.78, 5) is 10.4. The molecule has 0 aromatic heterocycles. The molecule has 0 spiro atoms. The molecule has 0 atom stereocenters. The summed E-state index contributed by atoms with van der Waals surface area (Å²) in [5.41, 5.74) is -1.81. The van der Waals surface area contributed by atoms with Crippen LogP contribution in [0.15, 0.2) is 30.3 Å². The molecule has 1 amide bonds. The number of rotatable bonds is 4.